The second kappa shape index (κ2) is 5.33. The number of ketones is 1. The van der Waals surface area contributed by atoms with Gasteiger partial charge in [0.25, 0.3) is 0 Å². The average Bonchev–Trinajstić information content (AvgIpc) is 2.26. The summed E-state index contributed by atoms with van der Waals surface area (Å²) in [6.45, 7) is 0. The Hall–Kier alpha value is -0.800. The molecule has 1 aromatic carbocycles. The lowest BCUT2D eigenvalue weighted by molar-refractivity contribution is 0.102. The molecule has 3 nitrogen and oxygen atoms in total. The van der Waals surface area contributed by atoms with Gasteiger partial charge in [-0.15, -0.1) is 11.6 Å². The van der Waals surface area contributed by atoms with Crippen molar-refractivity contribution in [2.24, 2.45) is 0 Å². The van der Waals surface area contributed by atoms with Crippen molar-refractivity contribution in [2.75, 3.05) is 13.0 Å². The van der Waals surface area contributed by atoms with Gasteiger partial charge < -0.3 is 4.74 Å². The lowest BCUT2D eigenvalue weighted by Gasteiger charge is -2.07. The molecular formula is C10H7ClINO2. The molecule has 0 amide bonds. The fourth-order valence-electron chi connectivity index (χ4n) is 1.15. The molecule has 15 heavy (non-hydrogen) atoms. The quantitative estimate of drug-likeness (QED) is 0.485. The summed E-state index contributed by atoms with van der Waals surface area (Å²) in [6, 6.07) is 5.28. The van der Waals surface area contributed by atoms with Crippen LogP contribution in [0.3, 0.4) is 0 Å². The fraction of sp³-hybridized carbons (Fsp3) is 0.200. The van der Waals surface area contributed by atoms with Crippen molar-refractivity contribution in [3.8, 4) is 11.8 Å². The highest BCUT2D eigenvalue weighted by Crippen LogP contribution is 2.25. The van der Waals surface area contributed by atoms with Crippen LogP contribution in [0.2, 0.25) is 0 Å². The third kappa shape index (κ3) is 2.61. The number of hydrogen-bond donors (Lipinski definition) is 0. The number of carbonyl (C=O) groups is 1. The zero-order valence-electron chi connectivity index (χ0n) is 7.88. The second-order valence-electron chi connectivity index (χ2n) is 2.70. The maximum Gasteiger partial charge on any atom is 0.179 e. The molecule has 0 aromatic heterocycles. The van der Waals surface area contributed by atoms with Crippen LogP contribution in [0.1, 0.15) is 15.9 Å². The van der Waals surface area contributed by atoms with Gasteiger partial charge in [-0.2, -0.15) is 5.26 Å². The predicted molar refractivity (Wildman–Crippen MR) is 65.5 cm³/mol. The van der Waals surface area contributed by atoms with Gasteiger partial charge in [0.05, 0.1) is 13.0 Å². The van der Waals surface area contributed by atoms with Crippen LogP contribution in [0.4, 0.5) is 0 Å². The van der Waals surface area contributed by atoms with E-state index in [4.69, 9.17) is 21.6 Å². The van der Waals surface area contributed by atoms with E-state index in [0.717, 1.165) is 3.57 Å². The first kappa shape index (κ1) is 12.3. The topological polar surface area (TPSA) is 50.1 Å². The zero-order chi connectivity index (χ0) is 11.4. The molecule has 0 heterocycles. The summed E-state index contributed by atoms with van der Waals surface area (Å²) in [7, 11) is 1.46. The maximum atomic E-state index is 11.5. The highest BCUT2D eigenvalue weighted by atomic mass is 127. The van der Waals surface area contributed by atoms with Crippen molar-refractivity contribution >= 4 is 40.0 Å². The fourth-order valence-corrected chi connectivity index (χ4v) is 1.89. The molecule has 0 N–H and O–H groups in total. The van der Waals surface area contributed by atoms with Crippen molar-refractivity contribution in [1.29, 1.82) is 5.26 Å². The predicted octanol–water partition coefficient (Wildman–Crippen LogP) is 2.59. The first-order valence-corrected chi connectivity index (χ1v) is 5.62. The van der Waals surface area contributed by atoms with E-state index in [0.29, 0.717) is 11.3 Å². The molecule has 0 spiro atoms. The molecule has 0 radical (unpaired) electrons. The molecule has 0 aliphatic rings. The van der Waals surface area contributed by atoms with Gasteiger partial charge in [-0.25, -0.2) is 0 Å². The van der Waals surface area contributed by atoms with Crippen molar-refractivity contribution in [3.63, 3.8) is 0 Å². The van der Waals surface area contributed by atoms with Crippen LogP contribution >= 0.6 is 34.2 Å². The number of carbonyl (C=O) groups excluding carboxylic acids is 1. The van der Waals surface area contributed by atoms with E-state index in [9.17, 15) is 4.79 Å². The summed E-state index contributed by atoms with van der Waals surface area (Å²) in [4.78, 5) is 11.5. The molecule has 0 atom stereocenters. The maximum absolute atomic E-state index is 11.5. The Morgan fingerprint density at radius 1 is 1.67 bits per heavy atom. The second-order valence-corrected chi connectivity index (χ2v) is 4.21. The Morgan fingerprint density at radius 2 is 2.33 bits per heavy atom. The Kier molecular flexibility index (Phi) is 4.36. The first-order valence-electron chi connectivity index (χ1n) is 4.00. The standard InChI is InChI=1S/C10H7ClINO2/c1-15-10-3-6(12)2-7(8(10)5-13)9(14)4-11/h2-3H,4H2,1H3. The highest BCUT2D eigenvalue weighted by molar-refractivity contribution is 14.1. The van der Waals surface area contributed by atoms with Gasteiger partial charge in [0.15, 0.2) is 5.78 Å². The molecule has 5 heteroatoms. The summed E-state index contributed by atoms with van der Waals surface area (Å²) >= 11 is 7.51. The molecule has 0 bridgehead atoms. The van der Waals surface area contributed by atoms with Crippen LogP contribution in [0.25, 0.3) is 0 Å². The van der Waals surface area contributed by atoms with Crippen molar-refractivity contribution in [1.82, 2.24) is 0 Å². The molecule has 1 rings (SSSR count). The number of rotatable bonds is 3. The van der Waals surface area contributed by atoms with E-state index in [1.54, 1.807) is 12.1 Å². The number of ether oxygens (including phenoxy) is 1. The van der Waals surface area contributed by atoms with Crippen LogP contribution in [-0.4, -0.2) is 18.8 Å². The van der Waals surface area contributed by atoms with Gasteiger partial charge >= 0.3 is 0 Å². The molecule has 0 fully saturated rings. The molecule has 78 valence electrons. The van der Waals surface area contributed by atoms with Crippen molar-refractivity contribution in [3.05, 3.63) is 26.8 Å². The SMILES string of the molecule is COc1cc(I)cc(C(=O)CCl)c1C#N. The van der Waals surface area contributed by atoms with Gasteiger partial charge in [-0.05, 0) is 34.7 Å². The third-order valence-electron chi connectivity index (χ3n) is 1.82. The van der Waals surface area contributed by atoms with Crippen LogP contribution in [0, 0.1) is 14.9 Å². The van der Waals surface area contributed by atoms with Crippen LogP contribution in [-0.2, 0) is 0 Å². The minimum absolute atomic E-state index is 0.141. The van der Waals surface area contributed by atoms with Gasteiger partial charge in [-0.1, -0.05) is 0 Å². The third-order valence-corrected chi connectivity index (χ3v) is 2.69. The molecule has 1 aromatic rings. The Labute approximate surface area is 106 Å². The lowest BCUT2D eigenvalue weighted by Crippen LogP contribution is -2.05. The van der Waals surface area contributed by atoms with E-state index in [1.807, 2.05) is 6.07 Å². The van der Waals surface area contributed by atoms with Gasteiger partial charge in [0.1, 0.15) is 17.4 Å². The number of methoxy groups -OCH3 is 1. The summed E-state index contributed by atoms with van der Waals surface area (Å²) in [5.74, 6) is -0.0133. The van der Waals surface area contributed by atoms with Gasteiger partial charge in [-0.3, -0.25) is 4.79 Å². The van der Waals surface area contributed by atoms with E-state index in [1.165, 1.54) is 7.11 Å². The molecule has 0 unspecified atom stereocenters. The molecular weight excluding hydrogens is 328 g/mol. The summed E-state index contributed by atoms with van der Waals surface area (Å²) in [6.07, 6.45) is 0. The molecule has 0 aliphatic carbocycles. The minimum Gasteiger partial charge on any atom is -0.495 e. The summed E-state index contributed by atoms with van der Waals surface area (Å²) < 4.78 is 5.86. The summed E-state index contributed by atoms with van der Waals surface area (Å²) in [5, 5.41) is 8.94. The number of hydrogen-bond acceptors (Lipinski definition) is 3. The average molecular weight is 336 g/mol. The normalized spacial score (nSPS) is 9.47. The highest BCUT2D eigenvalue weighted by Gasteiger charge is 2.15. The number of benzene rings is 1. The van der Waals surface area contributed by atoms with E-state index >= 15 is 0 Å². The van der Waals surface area contributed by atoms with E-state index in [-0.39, 0.29) is 17.2 Å². The van der Waals surface area contributed by atoms with Crippen LogP contribution in [0.5, 0.6) is 5.75 Å². The number of alkyl halides is 1. The first-order chi connectivity index (χ1) is 7.13. The van der Waals surface area contributed by atoms with Crippen molar-refractivity contribution < 1.29 is 9.53 Å². The molecule has 0 aliphatic heterocycles. The largest absolute Gasteiger partial charge is 0.495 e. The Bertz CT molecular complexity index is 440. The van der Waals surface area contributed by atoms with Gasteiger partial charge in [0, 0.05) is 9.13 Å². The zero-order valence-corrected chi connectivity index (χ0v) is 10.8. The smallest absolute Gasteiger partial charge is 0.179 e. The number of nitriles is 1. The number of Topliss-reactive ketones (excluding diaryl/α,β-unsaturated/α-hetero) is 1. The number of halogens is 2. The summed E-state index contributed by atoms with van der Waals surface area (Å²) in [5.41, 5.74) is 0.555. The Morgan fingerprint density at radius 3 is 2.80 bits per heavy atom. The molecule has 0 saturated carbocycles. The van der Waals surface area contributed by atoms with Gasteiger partial charge in [0.2, 0.25) is 0 Å². The van der Waals surface area contributed by atoms with Crippen molar-refractivity contribution in [2.45, 2.75) is 0 Å². The Balaban J connectivity index is 3.43. The number of nitrogens with zero attached hydrogens (tertiary/aromatic N) is 1. The van der Waals surface area contributed by atoms with E-state index < -0.39 is 0 Å². The van der Waals surface area contributed by atoms with E-state index in [2.05, 4.69) is 22.6 Å². The van der Waals surface area contributed by atoms with Crippen LogP contribution < -0.4 is 4.74 Å². The lowest BCUT2D eigenvalue weighted by atomic mass is 10.0. The van der Waals surface area contributed by atoms with Crippen LogP contribution in [0.15, 0.2) is 12.1 Å². The monoisotopic (exact) mass is 335 g/mol. The minimum atomic E-state index is -0.273. The molecule has 0 saturated heterocycles.